The van der Waals surface area contributed by atoms with Crippen molar-refractivity contribution in [3.63, 3.8) is 0 Å². The van der Waals surface area contributed by atoms with Crippen molar-refractivity contribution in [3.05, 3.63) is 39.3 Å². The number of rotatable bonds is 5. The second kappa shape index (κ2) is 4.80. The maximum atomic E-state index is 5.83. The van der Waals surface area contributed by atoms with E-state index in [4.69, 9.17) is 11.6 Å². The van der Waals surface area contributed by atoms with Crippen molar-refractivity contribution >= 4 is 22.9 Å². The Labute approximate surface area is 109 Å². The highest BCUT2D eigenvalue weighted by molar-refractivity contribution is 7.11. The van der Waals surface area contributed by atoms with Crippen molar-refractivity contribution in [2.45, 2.75) is 32.0 Å². The van der Waals surface area contributed by atoms with E-state index in [1.165, 1.54) is 22.6 Å². The molecule has 0 radical (unpaired) electrons. The van der Waals surface area contributed by atoms with Crippen LogP contribution in [0.2, 0.25) is 5.02 Å². The molecule has 2 aromatic heterocycles. The van der Waals surface area contributed by atoms with E-state index < -0.39 is 0 Å². The van der Waals surface area contributed by atoms with Crippen LogP contribution in [0.4, 0.5) is 0 Å². The molecule has 0 spiro atoms. The van der Waals surface area contributed by atoms with Crippen LogP contribution in [0.25, 0.3) is 0 Å². The first-order valence-electron chi connectivity index (χ1n) is 5.78. The summed E-state index contributed by atoms with van der Waals surface area (Å²) in [4.78, 5) is 2.71. The zero-order valence-electron chi connectivity index (χ0n) is 9.40. The van der Waals surface area contributed by atoms with Crippen molar-refractivity contribution in [1.29, 1.82) is 0 Å². The normalized spacial score (nSPS) is 15.4. The number of hydrogen-bond donors (Lipinski definition) is 1. The van der Waals surface area contributed by atoms with Crippen LogP contribution in [0.5, 0.6) is 0 Å². The van der Waals surface area contributed by atoms with Gasteiger partial charge >= 0.3 is 0 Å². The van der Waals surface area contributed by atoms with E-state index in [-0.39, 0.29) is 0 Å². The highest BCUT2D eigenvalue weighted by Crippen LogP contribution is 2.22. The molecule has 0 saturated heterocycles. The van der Waals surface area contributed by atoms with Gasteiger partial charge in [0.1, 0.15) is 0 Å². The van der Waals surface area contributed by atoms with Gasteiger partial charge in [-0.15, -0.1) is 11.3 Å². The molecule has 5 heteroatoms. The Hall–Kier alpha value is -0.840. The average molecular weight is 268 g/mol. The van der Waals surface area contributed by atoms with Crippen molar-refractivity contribution in [2.24, 2.45) is 0 Å². The van der Waals surface area contributed by atoms with Crippen LogP contribution in [0, 0.1) is 0 Å². The smallest absolute Gasteiger partial charge is 0.0785 e. The van der Waals surface area contributed by atoms with E-state index in [0.717, 1.165) is 19.1 Å². The van der Waals surface area contributed by atoms with Crippen LogP contribution in [0.3, 0.4) is 0 Å². The summed E-state index contributed by atoms with van der Waals surface area (Å²) < 4.78 is 1.87. The minimum absolute atomic E-state index is 0.692. The van der Waals surface area contributed by atoms with Crippen LogP contribution in [0.1, 0.15) is 22.6 Å². The van der Waals surface area contributed by atoms with E-state index in [2.05, 4.69) is 22.5 Å². The van der Waals surface area contributed by atoms with Crippen LogP contribution in [-0.4, -0.2) is 15.8 Å². The fourth-order valence-electron chi connectivity index (χ4n) is 1.72. The summed E-state index contributed by atoms with van der Waals surface area (Å²) >= 11 is 7.67. The van der Waals surface area contributed by atoms with Gasteiger partial charge in [-0.05, 0) is 25.0 Å². The average Bonchev–Trinajstić information content (AvgIpc) is 2.90. The molecule has 0 atom stereocenters. The van der Waals surface area contributed by atoms with E-state index >= 15 is 0 Å². The standard InChI is InChI=1S/C12H14ClN3S/c13-9-5-15-16(7-9)8-12-4-3-11(17-12)6-14-10-1-2-10/h3-5,7,10,14H,1-2,6,8H2. The van der Waals surface area contributed by atoms with Gasteiger partial charge in [0.15, 0.2) is 0 Å². The van der Waals surface area contributed by atoms with Gasteiger partial charge in [0.25, 0.3) is 0 Å². The zero-order chi connectivity index (χ0) is 11.7. The summed E-state index contributed by atoms with van der Waals surface area (Å²) in [7, 11) is 0. The van der Waals surface area contributed by atoms with Crippen LogP contribution in [-0.2, 0) is 13.1 Å². The van der Waals surface area contributed by atoms with Gasteiger partial charge in [0, 0.05) is 28.5 Å². The first-order chi connectivity index (χ1) is 8.29. The lowest BCUT2D eigenvalue weighted by molar-refractivity contribution is 0.694. The molecule has 0 unspecified atom stereocenters. The fourth-order valence-corrected chi connectivity index (χ4v) is 2.84. The molecule has 1 aliphatic carbocycles. The molecule has 2 aromatic rings. The minimum Gasteiger partial charge on any atom is -0.309 e. The van der Waals surface area contributed by atoms with Gasteiger partial charge in [0.05, 0.1) is 17.8 Å². The molecule has 1 aliphatic rings. The predicted octanol–water partition coefficient (Wildman–Crippen LogP) is 2.90. The van der Waals surface area contributed by atoms with Crippen molar-refractivity contribution < 1.29 is 0 Å². The Kier molecular flexibility index (Phi) is 3.18. The topological polar surface area (TPSA) is 29.9 Å². The van der Waals surface area contributed by atoms with Gasteiger partial charge in [-0.3, -0.25) is 4.68 Å². The molecule has 17 heavy (non-hydrogen) atoms. The molecule has 1 N–H and O–H groups in total. The van der Waals surface area contributed by atoms with Gasteiger partial charge in [-0.2, -0.15) is 5.10 Å². The molecule has 2 heterocycles. The van der Waals surface area contributed by atoms with E-state index in [1.54, 1.807) is 6.20 Å². The maximum Gasteiger partial charge on any atom is 0.0785 e. The second-order valence-corrected chi connectivity index (χ2v) is 6.07. The van der Waals surface area contributed by atoms with Crippen molar-refractivity contribution in [3.8, 4) is 0 Å². The first-order valence-corrected chi connectivity index (χ1v) is 6.98. The largest absolute Gasteiger partial charge is 0.309 e. The molecule has 3 rings (SSSR count). The minimum atomic E-state index is 0.692. The molecule has 3 nitrogen and oxygen atoms in total. The molecule has 0 aliphatic heterocycles. The molecule has 0 amide bonds. The lowest BCUT2D eigenvalue weighted by Gasteiger charge is -1.99. The quantitative estimate of drug-likeness (QED) is 0.903. The van der Waals surface area contributed by atoms with E-state index in [1.807, 2.05) is 22.2 Å². The number of thiophene rings is 1. The summed E-state index contributed by atoms with van der Waals surface area (Å²) in [6, 6.07) is 5.13. The number of nitrogens with one attached hydrogen (secondary N) is 1. The SMILES string of the molecule is Clc1cnn(Cc2ccc(CNC3CC3)s2)c1. The Morgan fingerprint density at radius 3 is 2.94 bits per heavy atom. The highest BCUT2D eigenvalue weighted by atomic mass is 35.5. The summed E-state index contributed by atoms with van der Waals surface area (Å²) in [5.41, 5.74) is 0. The molecular weight excluding hydrogens is 254 g/mol. The molecule has 1 saturated carbocycles. The third kappa shape index (κ3) is 3.09. The number of halogens is 1. The van der Waals surface area contributed by atoms with Gasteiger partial charge < -0.3 is 5.32 Å². The molecule has 90 valence electrons. The van der Waals surface area contributed by atoms with Crippen LogP contribution >= 0.6 is 22.9 Å². The van der Waals surface area contributed by atoms with Gasteiger partial charge in [-0.1, -0.05) is 11.6 Å². The Morgan fingerprint density at radius 1 is 1.41 bits per heavy atom. The van der Waals surface area contributed by atoms with Gasteiger partial charge in [0.2, 0.25) is 0 Å². The number of hydrogen-bond acceptors (Lipinski definition) is 3. The van der Waals surface area contributed by atoms with E-state index in [0.29, 0.717) is 5.02 Å². The summed E-state index contributed by atoms with van der Waals surface area (Å²) in [6.07, 6.45) is 6.20. The number of nitrogens with zero attached hydrogens (tertiary/aromatic N) is 2. The summed E-state index contributed by atoms with van der Waals surface area (Å²) in [6.45, 7) is 1.80. The Morgan fingerprint density at radius 2 is 2.24 bits per heavy atom. The fraction of sp³-hybridized carbons (Fsp3) is 0.417. The number of aromatic nitrogens is 2. The van der Waals surface area contributed by atoms with Crippen LogP contribution in [0.15, 0.2) is 24.5 Å². The van der Waals surface area contributed by atoms with Crippen LogP contribution < -0.4 is 5.32 Å². The Balaban J connectivity index is 1.59. The van der Waals surface area contributed by atoms with E-state index in [9.17, 15) is 0 Å². The van der Waals surface area contributed by atoms with Gasteiger partial charge in [-0.25, -0.2) is 0 Å². The third-order valence-corrected chi connectivity index (χ3v) is 4.04. The summed E-state index contributed by atoms with van der Waals surface area (Å²) in [5, 5.41) is 8.39. The third-order valence-electron chi connectivity index (χ3n) is 2.78. The maximum absolute atomic E-state index is 5.83. The van der Waals surface area contributed by atoms with Crippen molar-refractivity contribution in [1.82, 2.24) is 15.1 Å². The lowest BCUT2D eigenvalue weighted by Crippen LogP contribution is -2.14. The highest BCUT2D eigenvalue weighted by Gasteiger charge is 2.20. The first kappa shape index (κ1) is 11.3. The van der Waals surface area contributed by atoms with Crippen molar-refractivity contribution in [2.75, 3.05) is 0 Å². The monoisotopic (exact) mass is 267 g/mol. The Bertz CT molecular complexity index is 501. The summed E-state index contributed by atoms with van der Waals surface area (Å²) in [5.74, 6) is 0. The lowest BCUT2D eigenvalue weighted by atomic mass is 10.4. The second-order valence-electron chi connectivity index (χ2n) is 4.38. The molecule has 1 fully saturated rings. The zero-order valence-corrected chi connectivity index (χ0v) is 11.0. The molecule has 0 aromatic carbocycles. The predicted molar refractivity (Wildman–Crippen MR) is 70.5 cm³/mol. The molecule has 0 bridgehead atoms. The molecular formula is C12H14ClN3S.